The van der Waals surface area contributed by atoms with Gasteiger partial charge in [0.15, 0.2) is 0 Å². The lowest BCUT2D eigenvalue weighted by molar-refractivity contribution is 0.0948. The summed E-state index contributed by atoms with van der Waals surface area (Å²) >= 11 is 0. The van der Waals surface area contributed by atoms with E-state index >= 15 is 0 Å². The van der Waals surface area contributed by atoms with Gasteiger partial charge in [0.25, 0.3) is 5.91 Å². The lowest BCUT2D eigenvalue weighted by atomic mass is 10.2. The minimum Gasteiger partial charge on any atom is -0.354 e. The van der Waals surface area contributed by atoms with Gasteiger partial charge in [0.05, 0.1) is 0 Å². The molecule has 0 saturated carbocycles. The van der Waals surface area contributed by atoms with E-state index < -0.39 is 0 Å². The molecular weight excluding hydrogens is 190 g/mol. The Balaban J connectivity index is 2.40. The van der Waals surface area contributed by atoms with E-state index in [1.165, 1.54) is 5.69 Å². The van der Waals surface area contributed by atoms with Crippen molar-refractivity contribution in [3.8, 4) is 0 Å². The van der Waals surface area contributed by atoms with Crippen LogP contribution in [0, 0.1) is 0 Å². The van der Waals surface area contributed by atoms with Gasteiger partial charge in [0, 0.05) is 31.9 Å². The number of fused-ring (bicyclic) bond motifs is 1. The van der Waals surface area contributed by atoms with Crippen LogP contribution in [0.25, 0.3) is 0 Å². The fraction of sp³-hybridized carbons (Fsp3) is 0.545. The Kier molecular flexibility index (Phi) is 2.52. The predicted octanol–water partition coefficient (Wildman–Crippen LogP) is 0.854. The van der Waals surface area contributed by atoms with Crippen LogP contribution in [-0.2, 0) is 6.54 Å². The Morgan fingerprint density at radius 3 is 2.87 bits per heavy atom. The molecule has 4 nitrogen and oxygen atoms in total. The number of likely N-dealkylation sites (N-methyl/N-ethyl adjacent to an activating group) is 1. The van der Waals surface area contributed by atoms with Crippen molar-refractivity contribution in [2.45, 2.75) is 19.5 Å². The van der Waals surface area contributed by atoms with Gasteiger partial charge in [-0.1, -0.05) is 0 Å². The predicted molar refractivity (Wildman–Crippen MR) is 58.9 cm³/mol. The molecule has 1 atom stereocenters. The Bertz CT molecular complexity index is 383. The first-order chi connectivity index (χ1) is 7.15. The van der Waals surface area contributed by atoms with Gasteiger partial charge in [0.2, 0.25) is 0 Å². The van der Waals surface area contributed by atoms with Crippen molar-refractivity contribution in [1.29, 1.82) is 0 Å². The first-order valence-electron chi connectivity index (χ1n) is 5.27. The number of aromatic nitrogens is 1. The van der Waals surface area contributed by atoms with Gasteiger partial charge < -0.3 is 9.88 Å². The number of nitrogens with one attached hydrogen (secondary N) is 1. The molecule has 1 unspecified atom stereocenters. The fourth-order valence-corrected chi connectivity index (χ4v) is 2.10. The normalized spacial score (nSPS) is 21.1. The third-order valence-electron chi connectivity index (χ3n) is 3.24. The van der Waals surface area contributed by atoms with Crippen LogP contribution in [0.1, 0.15) is 29.1 Å². The number of carbonyl (C=O) groups is 1. The van der Waals surface area contributed by atoms with Crippen molar-refractivity contribution in [2.24, 2.45) is 0 Å². The maximum absolute atomic E-state index is 11.6. The number of nitrogens with zero attached hydrogens (tertiary/aromatic N) is 2. The van der Waals surface area contributed by atoms with Crippen molar-refractivity contribution >= 4 is 5.91 Å². The molecule has 0 saturated heterocycles. The monoisotopic (exact) mass is 207 g/mol. The summed E-state index contributed by atoms with van der Waals surface area (Å²) < 4.78 is 2.11. The van der Waals surface area contributed by atoms with Crippen LogP contribution >= 0.6 is 0 Å². The molecule has 2 rings (SSSR count). The average Bonchev–Trinajstić information content (AvgIpc) is 2.66. The average molecular weight is 207 g/mol. The second kappa shape index (κ2) is 3.70. The number of hydrogen-bond donors (Lipinski definition) is 1. The second-order valence-corrected chi connectivity index (χ2v) is 4.03. The molecule has 4 heteroatoms. The van der Waals surface area contributed by atoms with Crippen LogP contribution in [0.5, 0.6) is 0 Å². The Labute approximate surface area is 89.9 Å². The number of rotatable bonds is 1. The summed E-state index contributed by atoms with van der Waals surface area (Å²) in [5.74, 6) is -0.00185. The van der Waals surface area contributed by atoms with Crippen LogP contribution in [0.4, 0.5) is 0 Å². The molecule has 0 aromatic carbocycles. The van der Waals surface area contributed by atoms with Crippen molar-refractivity contribution < 1.29 is 4.79 Å². The van der Waals surface area contributed by atoms with E-state index in [4.69, 9.17) is 0 Å². The smallest absolute Gasteiger partial charge is 0.267 e. The van der Waals surface area contributed by atoms with Gasteiger partial charge >= 0.3 is 0 Å². The van der Waals surface area contributed by atoms with Crippen LogP contribution in [0.2, 0.25) is 0 Å². The van der Waals surface area contributed by atoms with Gasteiger partial charge in [0.1, 0.15) is 5.69 Å². The van der Waals surface area contributed by atoms with Gasteiger partial charge in [-0.25, -0.2) is 0 Å². The zero-order chi connectivity index (χ0) is 11.0. The molecule has 1 aromatic heterocycles. The first-order valence-corrected chi connectivity index (χ1v) is 5.27. The van der Waals surface area contributed by atoms with E-state index in [-0.39, 0.29) is 5.91 Å². The maximum atomic E-state index is 11.6. The summed E-state index contributed by atoms with van der Waals surface area (Å²) in [6, 6.07) is 4.34. The molecular formula is C11H17N3O. The molecule has 2 heterocycles. The topological polar surface area (TPSA) is 37.3 Å². The molecule has 0 spiro atoms. The van der Waals surface area contributed by atoms with Crippen molar-refractivity contribution in [1.82, 2.24) is 14.8 Å². The zero-order valence-corrected chi connectivity index (χ0v) is 9.45. The number of carbonyl (C=O) groups excluding carboxylic acids is 1. The van der Waals surface area contributed by atoms with Crippen molar-refractivity contribution in [3.63, 3.8) is 0 Å². The summed E-state index contributed by atoms with van der Waals surface area (Å²) in [5, 5.41) is 2.67. The summed E-state index contributed by atoms with van der Waals surface area (Å²) in [7, 11) is 3.78. The molecule has 0 radical (unpaired) electrons. The molecule has 82 valence electrons. The lowest BCUT2D eigenvalue weighted by Gasteiger charge is -2.32. The fourth-order valence-electron chi connectivity index (χ4n) is 2.10. The third-order valence-corrected chi connectivity index (χ3v) is 3.24. The van der Waals surface area contributed by atoms with Crippen molar-refractivity contribution in [2.75, 3.05) is 20.6 Å². The van der Waals surface area contributed by atoms with E-state index in [2.05, 4.69) is 28.8 Å². The van der Waals surface area contributed by atoms with Gasteiger partial charge in [-0.3, -0.25) is 9.69 Å². The molecule has 1 amide bonds. The van der Waals surface area contributed by atoms with Crippen molar-refractivity contribution in [3.05, 3.63) is 23.5 Å². The molecule has 1 aliphatic heterocycles. The quantitative estimate of drug-likeness (QED) is 0.741. The Morgan fingerprint density at radius 1 is 1.47 bits per heavy atom. The molecule has 1 N–H and O–H groups in total. The molecule has 0 aliphatic carbocycles. The number of hydrogen-bond acceptors (Lipinski definition) is 2. The lowest BCUT2D eigenvalue weighted by Crippen LogP contribution is -2.35. The summed E-state index contributed by atoms with van der Waals surface area (Å²) in [6.45, 7) is 4.05. The van der Waals surface area contributed by atoms with E-state index in [0.29, 0.717) is 6.04 Å². The maximum Gasteiger partial charge on any atom is 0.267 e. The first kappa shape index (κ1) is 10.2. The second-order valence-electron chi connectivity index (χ2n) is 4.03. The van der Waals surface area contributed by atoms with Gasteiger partial charge in [-0.05, 0) is 26.1 Å². The van der Waals surface area contributed by atoms with Gasteiger partial charge in [-0.15, -0.1) is 0 Å². The minimum atomic E-state index is -0.00185. The third kappa shape index (κ3) is 1.55. The minimum absolute atomic E-state index is 0.00185. The number of amides is 1. The van der Waals surface area contributed by atoms with Crippen LogP contribution in [-0.4, -0.2) is 36.0 Å². The highest BCUT2D eigenvalue weighted by molar-refractivity contribution is 5.92. The largest absolute Gasteiger partial charge is 0.354 e. The van der Waals surface area contributed by atoms with E-state index in [1.54, 1.807) is 7.05 Å². The Morgan fingerprint density at radius 2 is 2.20 bits per heavy atom. The molecule has 1 aliphatic rings. The van der Waals surface area contributed by atoms with Gasteiger partial charge in [-0.2, -0.15) is 0 Å². The standard InChI is InChI=1S/C11H17N3O/c1-8-9-4-5-10(11(15)12-2)14(9)7-6-13(8)3/h4-5,8H,6-7H2,1-3H3,(H,12,15). The van der Waals surface area contributed by atoms with E-state index in [9.17, 15) is 4.79 Å². The molecule has 1 aromatic rings. The van der Waals surface area contributed by atoms with E-state index in [0.717, 1.165) is 18.8 Å². The zero-order valence-electron chi connectivity index (χ0n) is 9.45. The van der Waals surface area contributed by atoms with Crippen LogP contribution in [0.15, 0.2) is 12.1 Å². The highest BCUT2D eigenvalue weighted by Crippen LogP contribution is 2.25. The highest BCUT2D eigenvalue weighted by atomic mass is 16.1. The summed E-state index contributed by atoms with van der Waals surface area (Å²) in [4.78, 5) is 13.9. The van der Waals surface area contributed by atoms with Crippen LogP contribution < -0.4 is 5.32 Å². The summed E-state index contributed by atoms with van der Waals surface area (Å²) in [5.41, 5.74) is 2.00. The molecule has 0 fully saturated rings. The molecule has 15 heavy (non-hydrogen) atoms. The van der Waals surface area contributed by atoms with E-state index in [1.807, 2.05) is 12.1 Å². The SMILES string of the molecule is CNC(=O)c1ccc2n1CCN(C)C2C. The summed E-state index contributed by atoms with van der Waals surface area (Å²) in [6.07, 6.45) is 0. The Hall–Kier alpha value is -1.29. The highest BCUT2D eigenvalue weighted by Gasteiger charge is 2.24. The van der Waals surface area contributed by atoms with Crippen LogP contribution in [0.3, 0.4) is 0 Å². The molecule has 0 bridgehead atoms.